The van der Waals surface area contributed by atoms with E-state index in [1.54, 1.807) is 0 Å². The molecule has 2 aliphatic rings. The van der Waals surface area contributed by atoms with Crippen LogP contribution in [-0.4, -0.2) is 11.5 Å². The monoisotopic (exact) mass is 717 g/mol. The molecule has 0 radical (unpaired) electrons. The Morgan fingerprint density at radius 2 is 1.24 bits per heavy atom. The Bertz CT molecular complexity index is 4850. The standard InChI is InChI=1S/C48H26BNO4/c1-5-13-38-30(9-1)31-10-2-6-14-39(31)50(38)29-18-21-37-44(26-29)52-45-25-28(23-36-32-11-3-8-16-41(32)54-49(37)47(36)45)27-17-19-33-34-20-22-42-46(48(34)53-43(33)24-27)35-12-4-7-15-40(35)51-42/h1-26H/i1D,2D,3D,4D,5D,6D,7D,8D,9D,10D,11D,12D,13D,14D,15D,16D,17D,18D,19D,20D,21D,22D,23D,24D,25D,26D. The summed E-state index contributed by atoms with van der Waals surface area (Å²) in [6.45, 7) is -1.88. The number of furan rings is 2. The second kappa shape index (κ2) is 10.2. The quantitative estimate of drug-likeness (QED) is 0.167. The highest BCUT2D eigenvalue weighted by Gasteiger charge is 2.41. The summed E-state index contributed by atoms with van der Waals surface area (Å²) in [7, 11) is 0. The minimum absolute atomic E-state index is 0.229. The van der Waals surface area contributed by atoms with Gasteiger partial charge in [0.05, 0.1) is 52.1 Å². The first kappa shape index (κ1) is 13.7. The lowest BCUT2D eigenvalue weighted by Crippen LogP contribution is -2.53. The average Bonchev–Trinajstić information content (AvgIpc) is 4.24. The van der Waals surface area contributed by atoms with E-state index in [-0.39, 0.29) is 27.2 Å². The normalized spacial score (nSPS) is 19.8. The van der Waals surface area contributed by atoms with Crippen molar-refractivity contribution in [2.75, 3.05) is 0 Å². The highest BCUT2D eigenvalue weighted by molar-refractivity contribution is 6.84. The van der Waals surface area contributed by atoms with Gasteiger partial charge in [-0.25, -0.2) is 0 Å². The van der Waals surface area contributed by atoms with E-state index in [0.717, 1.165) is 4.57 Å². The third-order valence-electron chi connectivity index (χ3n) is 9.49. The number of aromatic nitrogens is 1. The molecule has 250 valence electrons. The summed E-state index contributed by atoms with van der Waals surface area (Å²) in [6.07, 6.45) is 0. The van der Waals surface area contributed by atoms with Gasteiger partial charge in [-0.1, -0.05) is 84.6 Å². The van der Waals surface area contributed by atoms with E-state index in [9.17, 15) is 11.0 Å². The molecule has 54 heavy (non-hydrogen) atoms. The third kappa shape index (κ3) is 3.73. The van der Waals surface area contributed by atoms with E-state index in [4.69, 9.17) is 42.9 Å². The maximum absolute atomic E-state index is 9.93. The predicted molar refractivity (Wildman–Crippen MR) is 218 cm³/mol. The molecule has 0 spiro atoms. The highest BCUT2D eigenvalue weighted by Crippen LogP contribution is 2.44. The molecule has 5 heterocycles. The molecule has 0 N–H and O–H groups in total. The molecule has 0 bridgehead atoms. The molecular formula is C48H26BNO4. The number of para-hydroxylation sites is 4. The van der Waals surface area contributed by atoms with Gasteiger partial charge < -0.3 is 22.8 Å². The van der Waals surface area contributed by atoms with E-state index < -0.39 is 259 Å². The van der Waals surface area contributed by atoms with Crippen LogP contribution in [-0.2, 0) is 0 Å². The van der Waals surface area contributed by atoms with E-state index in [0.29, 0.717) is 0 Å². The average molecular weight is 718 g/mol. The molecule has 2 aliphatic heterocycles. The van der Waals surface area contributed by atoms with Crippen LogP contribution in [0.15, 0.2) is 166 Å². The van der Waals surface area contributed by atoms with Crippen LogP contribution in [0, 0.1) is 0 Å². The van der Waals surface area contributed by atoms with E-state index in [2.05, 4.69) is 0 Å². The fourth-order valence-corrected chi connectivity index (χ4v) is 7.20. The van der Waals surface area contributed by atoms with Crippen LogP contribution in [0.1, 0.15) is 35.6 Å². The summed E-state index contributed by atoms with van der Waals surface area (Å²) >= 11 is 0. The Morgan fingerprint density at radius 3 is 2.11 bits per heavy atom. The van der Waals surface area contributed by atoms with Crippen molar-refractivity contribution in [1.82, 2.24) is 4.57 Å². The Balaban J connectivity index is 1.15. The predicted octanol–water partition coefficient (Wildman–Crippen LogP) is 11.5. The second-order valence-corrected chi connectivity index (χ2v) is 12.3. The van der Waals surface area contributed by atoms with Crippen LogP contribution in [0.3, 0.4) is 0 Å². The Morgan fingerprint density at radius 1 is 0.481 bits per heavy atom. The van der Waals surface area contributed by atoms with Gasteiger partial charge >= 0.3 is 6.92 Å². The van der Waals surface area contributed by atoms with E-state index >= 15 is 0 Å². The van der Waals surface area contributed by atoms with Crippen molar-refractivity contribution >= 4 is 83.5 Å². The molecule has 6 heteroatoms. The molecule has 0 unspecified atom stereocenters. The maximum Gasteiger partial charge on any atom is 0.434 e. The fourth-order valence-electron chi connectivity index (χ4n) is 7.20. The molecule has 0 fully saturated rings. The van der Waals surface area contributed by atoms with Crippen molar-refractivity contribution in [3.05, 3.63) is 157 Å². The van der Waals surface area contributed by atoms with E-state index in [1.807, 2.05) is 0 Å². The topological polar surface area (TPSA) is 49.7 Å². The maximum atomic E-state index is 9.93. The van der Waals surface area contributed by atoms with Crippen molar-refractivity contribution < 1.29 is 53.9 Å². The Labute approximate surface area is 344 Å². The molecule has 3 aromatic heterocycles. The molecule has 0 aliphatic carbocycles. The Kier molecular flexibility index (Phi) is 2.59. The number of nitrogens with zero attached hydrogens (tertiary/aromatic N) is 1. The van der Waals surface area contributed by atoms with Crippen molar-refractivity contribution in [2.45, 2.75) is 0 Å². The first-order valence-corrected chi connectivity index (χ1v) is 16.2. The SMILES string of the molecule is [2H]c1c([2H])c([2H])c2c(c1[2H])OB1c3c([2H])c([2H])c(-n4c5c([2H])c([2H])c([2H])c([2H])c5c5c([2H])c([2H])c([2H])c([2H])c54)c([2H])c3Oc3c([2H])c(-c4c([2H])c([2H])c5c(oc6c5c([2H])c([2H])c5oc7c([2H])c([2H])c([2H])c([2H])c7c56)c4[2H])c([2H])c-2c31. The lowest BCUT2D eigenvalue weighted by atomic mass is 9.50. The van der Waals surface area contributed by atoms with Gasteiger partial charge in [0, 0.05) is 55.1 Å². The van der Waals surface area contributed by atoms with Crippen molar-refractivity contribution in [1.29, 1.82) is 0 Å². The van der Waals surface area contributed by atoms with Gasteiger partial charge in [0.25, 0.3) is 0 Å². The molecule has 0 atom stereocenters. The van der Waals surface area contributed by atoms with Crippen molar-refractivity contribution in [2.24, 2.45) is 0 Å². The first-order chi connectivity index (χ1) is 37.6. The Hall–Kier alpha value is -7.18. The van der Waals surface area contributed by atoms with E-state index in [1.165, 1.54) is 0 Å². The summed E-state index contributed by atoms with van der Waals surface area (Å²) < 4.78 is 260. The summed E-state index contributed by atoms with van der Waals surface area (Å²) in [5, 5.41) is -2.08. The van der Waals surface area contributed by atoms with Gasteiger partial charge in [0.2, 0.25) is 0 Å². The summed E-state index contributed by atoms with van der Waals surface area (Å²) in [5.74, 6) is -2.03. The largest absolute Gasteiger partial charge is 0.551 e. The molecular weight excluding hydrogens is 665 g/mol. The molecule has 11 aromatic rings. The zero-order chi connectivity index (χ0) is 57.7. The zero-order valence-corrected chi connectivity index (χ0v) is 26.7. The van der Waals surface area contributed by atoms with Gasteiger partial charge in [0.1, 0.15) is 39.6 Å². The number of hydrogen-bond donors (Lipinski definition) is 0. The van der Waals surface area contributed by atoms with Crippen LogP contribution in [0.5, 0.6) is 17.2 Å². The minimum Gasteiger partial charge on any atom is -0.551 e. The fraction of sp³-hybridized carbons (Fsp3) is 0. The smallest absolute Gasteiger partial charge is 0.434 e. The molecule has 0 saturated carbocycles. The number of benzene rings is 8. The van der Waals surface area contributed by atoms with Crippen LogP contribution in [0.25, 0.3) is 93.6 Å². The summed E-state index contributed by atoms with van der Waals surface area (Å²) in [5.41, 5.74) is -6.77. The van der Waals surface area contributed by atoms with Gasteiger partial charge in [-0.15, -0.1) is 0 Å². The summed E-state index contributed by atoms with van der Waals surface area (Å²) in [4.78, 5) is 0. The number of fused-ring (bicyclic) bond motifs is 14. The number of rotatable bonds is 2. The van der Waals surface area contributed by atoms with Gasteiger partial charge in [0.15, 0.2) is 0 Å². The molecule has 5 nitrogen and oxygen atoms in total. The van der Waals surface area contributed by atoms with Gasteiger partial charge in [-0.2, -0.15) is 0 Å². The highest BCUT2D eigenvalue weighted by atomic mass is 16.5. The summed E-state index contributed by atoms with van der Waals surface area (Å²) in [6, 6.07) is -20.4. The molecule has 13 rings (SSSR count). The molecule has 0 saturated heterocycles. The lowest BCUT2D eigenvalue weighted by Gasteiger charge is -2.33. The van der Waals surface area contributed by atoms with Crippen molar-refractivity contribution in [3.63, 3.8) is 0 Å². The van der Waals surface area contributed by atoms with Crippen molar-refractivity contribution in [3.8, 4) is 45.2 Å². The number of ether oxygens (including phenoxy) is 1. The first-order valence-electron chi connectivity index (χ1n) is 29.2. The van der Waals surface area contributed by atoms with Gasteiger partial charge in [-0.3, -0.25) is 0 Å². The molecule has 0 amide bonds. The second-order valence-electron chi connectivity index (χ2n) is 12.3. The lowest BCUT2D eigenvalue weighted by molar-refractivity contribution is 0.479. The number of hydrogen-bond acceptors (Lipinski definition) is 4. The van der Waals surface area contributed by atoms with Crippen LogP contribution in [0.2, 0.25) is 0 Å². The zero-order valence-electron chi connectivity index (χ0n) is 52.7. The minimum atomic E-state index is -1.88. The van der Waals surface area contributed by atoms with Crippen LogP contribution < -0.4 is 20.3 Å². The van der Waals surface area contributed by atoms with Crippen LogP contribution in [0.4, 0.5) is 0 Å². The van der Waals surface area contributed by atoms with Crippen LogP contribution >= 0.6 is 0 Å². The third-order valence-corrected chi connectivity index (χ3v) is 9.49. The molecule has 8 aromatic carbocycles. The van der Waals surface area contributed by atoms with Gasteiger partial charge in [-0.05, 0) is 83.2 Å².